The van der Waals surface area contributed by atoms with Crippen LogP contribution >= 0.6 is 0 Å². The first-order valence-electron chi connectivity index (χ1n) is 11.1. The number of carbonyl (C=O) groups is 2. The maximum Gasteiger partial charge on any atom is 0.276 e. The van der Waals surface area contributed by atoms with Gasteiger partial charge in [0, 0.05) is 35.0 Å². The molecular formula is C25H23FN6O2. The van der Waals surface area contributed by atoms with Gasteiger partial charge in [0.1, 0.15) is 17.5 Å². The van der Waals surface area contributed by atoms with Gasteiger partial charge in [-0.1, -0.05) is 18.2 Å². The SMILES string of the molecule is CC(C(=O)Nc1cccc(NC(=O)c2nn(-c3ccccc3F)c3c2CCC3)c1)n1cccn1. The number of aromatic nitrogens is 4. The largest absolute Gasteiger partial charge is 0.324 e. The number of hydrogen-bond acceptors (Lipinski definition) is 4. The minimum absolute atomic E-state index is 0.228. The second kappa shape index (κ2) is 8.93. The molecule has 2 aromatic heterocycles. The Hall–Kier alpha value is -4.27. The number of amides is 2. The van der Waals surface area contributed by atoms with Crippen LogP contribution in [0.2, 0.25) is 0 Å². The summed E-state index contributed by atoms with van der Waals surface area (Å²) in [6.07, 6.45) is 5.68. The van der Waals surface area contributed by atoms with E-state index in [-0.39, 0.29) is 23.3 Å². The van der Waals surface area contributed by atoms with Gasteiger partial charge in [-0.05, 0) is 62.6 Å². The van der Waals surface area contributed by atoms with Crippen molar-refractivity contribution in [2.24, 2.45) is 0 Å². The van der Waals surface area contributed by atoms with Crippen molar-refractivity contribution in [3.63, 3.8) is 0 Å². The standard InChI is InChI=1S/C25H23FN6O2/c1-16(31-14-6-13-27-31)24(33)28-17-7-4-8-18(15-17)29-25(34)23-19-9-5-12-21(19)32(30-23)22-11-3-2-10-20(22)26/h2-4,6-8,10-11,13-16H,5,9,12H2,1H3,(H,28,33)(H,29,34). The lowest BCUT2D eigenvalue weighted by Crippen LogP contribution is -2.24. The Morgan fingerprint density at radius 1 is 1.03 bits per heavy atom. The van der Waals surface area contributed by atoms with Crippen molar-refractivity contribution in [1.82, 2.24) is 19.6 Å². The molecule has 9 heteroatoms. The topological polar surface area (TPSA) is 93.8 Å². The monoisotopic (exact) mass is 458 g/mol. The zero-order valence-electron chi connectivity index (χ0n) is 18.5. The lowest BCUT2D eigenvalue weighted by Gasteiger charge is -2.13. The van der Waals surface area contributed by atoms with Gasteiger partial charge in [-0.2, -0.15) is 10.2 Å². The van der Waals surface area contributed by atoms with Gasteiger partial charge in [-0.25, -0.2) is 9.07 Å². The first kappa shape index (κ1) is 21.6. The number of anilines is 2. The Morgan fingerprint density at radius 3 is 2.59 bits per heavy atom. The van der Waals surface area contributed by atoms with Gasteiger partial charge < -0.3 is 10.6 Å². The number of para-hydroxylation sites is 1. The molecule has 8 nitrogen and oxygen atoms in total. The molecule has 0 radical (unpaired) electrons. The second-order valence-corrected chi connectivity index (χ2v) is 8.18. The van der Waals surface area contributed by atoms with Crippen LogP contribution in [-0.2, 0) is 17.6 Å². The van der Waals surface area contributed by atoms with Gasteiger partial charge in [0.15, 0.2) is 5.69 Å². The number of carbonyl (C=O) groups excluding carboxylic acids is 2. The average Bonchev–Trinajstić information content (AvgIpc) is 3.58. The Kier molecular flexibility index (Phi) is 5.67. The van der Waals surface area contributed by atoms with Crippen LogP contribution in [0.4, 0.5) is 15.8 Å². The van der Waals surface area contributed by atoms with Crippen LogP contribution in [0.3, 0.4) is 0 Å². The molecule has 2 N–H and O–H groups in total. The Labute approximate surface area is 195 Å². The number of halogens is 1. The molecule has 0 spiro atoms. The highest BCUT2D eigenvalue weighted by atomic mass is 19.1. The summed E-state index contributed by atoms with van der Waals surface area (Å²) < 4.78 is 17.5. The van der Waals surface area contributed by atoms with Crippen LogP contribution in [0, 0.1) is 5.82 Å². The number of hydrogen-bond donors (Lipinski definition) is 2. The van der Waals surface area contributed by atoms with E-state index in [1.54, 1.807) is 77.2 Å². The van der Waals surface area contributed by atoms with E-state index < -0.39 is 6.04 Å². The lowest BCUT2D eigenvalue weighted by atomic mass is 10.2. The summed E-state index contributed by atoms with van der Waals surface area (Å²) in [6.45, 7) is 1.75. The molecule has 172 valence electrons. The fraction of sp³-hybridized carbons (Fsp3) is 0.200. The first-order valence-corrected chi connectivity index (χ1v) is 11.1. The van der Waals surface area contributed by atoms with Crippen LogP contribution in [0.1, 0.15) is 41.1 Å². The molecule has 2 amide bonds. The molecule has 1 aliphatic carbocycles. The van der Waals surface area contributed by atoms with Crippen molar-refractivity contribution in [3.8, 4) is 5.69 Å². The summed E-state index contributed by atoms with van der Waals surface area (Å²) >= 11 is 0. The van der Waals surface area contributed by atoms with Crippen LogP contribution in [0.5, 0.6) is 0 Å². The molecule has 1 aliphatic rings. The summed E-state index contributed by atoms with van der Waals surface area (Å²) in [5.41, 5.74) is 3.39. The van der Waals surface area contributed by atoms with Gasteiger partial charge in [0.2, 0.25) is 5.91 Å². The Bertz CT molecular complexity index is 1360. The number of fused-ring (bicyclic) bond motifs is 1. The molecule has 2 aromatic carbocycles. The third kappa shape index (κ3) is 4.07. The molecule has 0 fully saturated rings. The van der Waals surface area contributed by atoms with Crippen molar-refractivity contribution in [1.29, 1.82) is 0 Å². The van der Waals surface area contributed by atoms with E-state index in [9.17, 15) is 14.0 Å². The molecule has 0 aliphatic heterocycles. The van der Waals surface area contributed by atoms with Gasteiger partial charge in [-0.15, -0.1) is 0 Å². The minimum Gasteiger partial charge on any atom is -0.324 e. The van der Waals surface area contributed by atoms with Crippen molar-refractivity contribution >= 4 is 23.2 Å². The van der Waals surface area contributed by atoms with Gasteiger partial charge in [0.05, 0.1) is 0 Å². The summed E-state index contributed by atoms with van der Waals surface area (Å²) in [5, 5.41) is 14.3. The predicted molar refractivity (Wildman–Crippen MR) is 126 cm³/mol. The van der Waals surface area contributed by atoms with E-state index in [1.165, 1.54) is 6.07 Å². The number of nitrogens with zero attached hydrogens (tertiary/aromatic N) is 4. The maximum absolute atomic E-state index is 14.4. The molecule has 0 saturated heterocycles. The van der Waals surface area contributed by atoms with E-state index in [2.05, 4.69) is 20.8 Å². The molecule has 0 saturated carbocycles. The third-order valence-corrected chi connectivity index (χ3v) is 5.92. The van der Waals surface area contributed by atoms with E-state index in [4.69, 9.17) is 0 Å². The van der Waals surface area contributed by atoms with Crippen molar-refractivity contribution in [2.45, 2.75) is 32.2 Å². The fourth-order valence-electron chi connectivity index (χ4n) is 4.18. The smallest absolute Gasteiger partial charge is 0.276 e. The number of rotatable bonds is 6. The molecule has 34 heavy (non-hydrogen) atoms. The van der Waals surface area contributed by atoms with E-state index in [1.807, 2.05) is 0 Å². The number of benzene rings is 2. The normalized spacial score (nSPS) is 13.4. The zero-order valence-corrected chi connectivity index (χ0v) is 18.5. The molecule has 0 bridgehead atoms. The fourth-order valence-corrected chi connectivity index (χ4v) is 4.18. The maximum atomic E-state index is 14.4. The summed E-state index contributed by atoms with van der Waals surface area (Å²) in [6, 6.07) is 14.6. The van der Waals surface area contributed by atoms with E-state index in [0.29, 0.717) is 23.5 Å². The predicted octanol–water partition coefficient (Wildman–Crippen LogP) is 4.15. The highest BCUT2D eigenvalue weighted by molar-refractivity contribution is 6.04. The summed E-state index contributed by atoms with van der Waals surface area (Å²) in [5.74, 6) is -0.991. The highest BCUT2D eigenvalue weighted by Gasteiger charge is 2.28. The molecule has 2 heterocycles. The van der Waals surface area contributed by atoms with Gasteiger partial charge >= 0.3 is 0 Å². The first-order chi connectivity index (χ1) is 16.5. The number of nitrogens with one attached hydrogen (secondary N) is 2. The summed E-state index contributed by atoms with van der Waals surface area (Å²) in [7, 11) is 0. The summed E-state index contributed by atoms with van der Waals surface area (Å²) in [4.78, 5) is 25.7. The van der Waals surface area contributed by atoms with Crippen LogP contribution in [0.15, 0.2) is 67.0 Å². The Morgan fingerprint density at radius 2 is 1.82 bits per heavy atom. The average molecular weight is 458 g/mol. The quantitative estimate of drug-likeness (QED) is 0.454. The lowest BCUT2D eigenvalue weighted by molar-refractivity contribution is -0.119. The molecular weight excluding hydrogens is 435 g/mol. The third-order valence-electron chi connectivity index (χ3n) is 5.92. The Balaban J connectivity index is 1.35. The van der Waals surface area contributed by atoms with Gasteiger partial charge in [-0.3, -0.25) is 14.3 Å². The molecule has 1 atom stereocenters. The van der Waals surface area contributed by atoms with Crippen molar-refractivity contribution in [3.05, 3.63) is 89.8 Å². The van der Waals surface area contributed by atoms with Crippen LogP contribution in [-0.4, -0.2) is 31.4 Å². The van der Waals surface area contributed by atoms with E-state index in [0.717, 1.165) is 24.1 Å². The molecule has 5 rings (SSSR count). The highest BCUT2D eigenvalue weighted by Crippen LogP contribution is 2.29. The minimum atomic E-state index is -0.488. The molecule has 1 unspecified atom stereocenters. The molecule has 4 aromatic rings. The van der Waals surface area contributed by atoms with Gasteiger partial charge in [0.25, 0.3) is 5.91 Å². The zero-order chi connectivity index (χ0) is 23.7. The van der Waals surface area contributed by atoms with Crippen LogP contribution in [0.25, 0.3) is 5.69 Å². The van der Waals surface area contributed by atoms with Crippen molar-refractivity contribution < 1.29 is 14.0 Å². The van der Waals surface area contributed by atoms with Crippen LogP contribution < -0.4 is 10.6 Å². The van der Waals surface area contributed by atoms with E-state index >= 15 is 0 Å². The second-order valence-electron chi connectivity index (χ2n) is 8.18. The van der Waals surface area contributed by atoms with Crippen molar-refractivity contribution in [2.75, 3.05) is 10.6 Å².